The second-order valence-corrected chi connectivity index (χ2v) is 5.75. The molecule has 0 spiro atoms. The number of nitrogens with one attached hydrogen (secondary N) is 1. The minimum atomic E-state index is 0.417. The van der Waals surface area contributed by atoms with Crippen LogP contribution >= 0.6 is 0 Å². The van der Waals surface area contributed by atoms with Crippen LogP contribution in [0.25, 0.3) is 0 Å². The van der Waals surface area contributed by atoms with Crippen molar-refractivity contribution in [3.8, 4) is 0 Å². The molecule has 4 nitrogen and oxygen atoms in total. The van der Waals surface area contributed by atoms with Gasteiger partial charge in [-0.25, -0.2) is 0 Å². The first kappa shape index (κ1) is 9.42. The maximum Gasteiger partial charge on any atom is 0.224 e. The molecule has 4 aliphatic rings. The van der Waals surface area contributed by atoms with Crippen LogP contribution in [0.1, 0.15) is 12.8 Å². The molecule has 1 aliphatic carbocycles. The van der Waals surface area contributed by atoms with Gasteiger partial charge in [0.2, 0.25) is 5.91 Å². The molecule has 4 unspecified atom stereocenters. The largest absolute Gasteiger partial charge is 0.337 e. The molecule has 0 aromatic heterocycles. The molecule has 4 atom stereocenters. The summed E-state index contributed by atoms with van der Waals surface area (Å²) in [6.07, 6.45) is 2.17. The van der Waals surface area contributed by atoms with Gasteiger partial charge >= 0.3 is 0 Å². The lowest BCUT2D eigenvalue weighted by molar-refractivity contribution is -0.128. The summed E-state index contributed by atoms with van der Waals surface area (Å²) in [6, 6.07) is 1.11. The lowest BCUT2D eigenvalue weighted by atomic mass is 10.0. The highest BCUT2D eigenvalue weighted by Crippen LogP contribution is 2.53. The zero-order valence-corrected chi connectivity index (χ0v) is 9.56. The number of piperazine rings is 1. The van der Waals surface area contributed by atoms with E-state index < -0.39 is 0 Å². The Morgan fingerprint density at radius 1 is 1.25 bits per heavy atom. The third-order valence-electron chi connectivity index (χ3n) is 4.93. The van der Waals surface area contributed by atoms with Gasteiger partial charge in [-0.05, 0) is 18.3 Å². The van der Waals surface area contributed by atoms with Gasteiger partial charge in [0.15, 0.2) is 0 Å². The van der Waals surface area contributed by atoms with Crippen LogP contribution in [0.4, 0.5) is 0 Å². The van der Waals surface area contributed by atoms with Crippen molar-refractivity contribution >= 4 is 5.91 Å². The third-order valence-corrected chi connectivity index (χ3v) is 4.93. The molecule has 0 bridgehead atoms. The molecule has 0 aromatic carbocycles. The molecule has 4 heteroatoms. The predicted octanol–water partition coefficient (Wildman–Crippen LogP) is -0.489. The summed E-state index contributed by atoms with van der Waals surface area (Å²) in [6.45, 7) is 5.49. The molecule has 1 N–H and O–H groups in total. The maximum atomic E-state index is 12.0. The highest BCUT2D eigenvalue weighted by Gasteiger charge is 2.60. The van der Waals surface area contributed by atoms with E-state index in [0.717, 1.165) is 51.0 Å². The Morgan fingerprint density at radius 3 is 2.88 bits per heavy atom. The van der Waals surface area contributed by atoms with Crippen LogP contribution in [0.2, 0.25) is 0 Å². The van der Waals surface area contributed by atoms with Crippen molar-refractivity contribution in [2.45, 2.75) is 24.9 Å². The number of piperidine rings is 1. The maximum absolute atomic E-state index is 12.0. The number of carbonyl (C=O) groups excluding carboxylic acids is 1. The normalized spacial score (nSPS) is 47.0. The molecule has 3 heterocycles. The van der Waals surface area contributed by atoms with Crippen LogP contribution in [0.15, 0.2) is 0 Å². The van der Waals surface area contributed by atoms with E-state index in [2.05, 4.69) is 15.1 Å². The first-order valence-electron chi connectivity index (χ1n) is 6.59. The average Bonchev–Trinajstić information content (AvgIpc) is 2.86. The minimum absolute atomic E-state index is 0.417. The zero-order valence-electron chi connectivity index (χ0n) is 9.56. The summed E-state index contributed by atoms with van der Waals surface area (Å²) in [5.41, 5.74) is 0. The van der Waals surface area contributed by atoms with E-state index in [1.165, 1.54) is 6.42 Å². The molecule has 3 saturated heterocycles. The SMILES string of the molecule is O=C1CC(N2CCNCC2)C2C3CC3CN12. The van der Waals surface area contributed by atoms with Gasteiger partial charge in [0.25, 0.3) is 0 Å². The highest BCUT2D eigenvalue weighted by atomic mass is 16.2. The summed E-state index contributed by atoms with van der Waals surface area (Å²) >= 11 is 0. The van der Waals surface area contributed by atoms with Crippen LogP contribution in [-0.4, -0.2) is 60.5 Å². The topological polar surface area (TPSA) is 35.6 Å². The molecule has 0 radical (unpaired) electrons. The Balaban J connectivity index is 1.56. The van der Waals surface area contributed by atoms with Crippen LogP contribution in [0.5, 0.6) is 0 Å². The number of rotatable bonds is 1. The van der Waals surface area contributed by atoms with E-state index in [4.69, 9.17) is 0 Å². The van der Waals surface area contributed by atoms with Gasteiger partial charge in [0.05, 0.1) is 6.04 Å². The summed E-state index contributed by atoms with van der Waals surface area (Å²) in [7, 11) is 0. The molecule has 16 heavy (non-hydrogen) atoms. The van der Waals surface area contributed by atoms with Gasteiger partial charge in [-0.15, -0.1) is 0 Å². The highest BCUT2D eigenvalue weighted by molar-refractivity contribution is 5.81. The first-order valence-corrected chi connectivity index (χ1v) is 6.59. The molecule has 4 rings (SSSR count). The zero-order chi connectivity index (χ0) is 10.7. The van der Waals surface area contributed by atoms with Crippen LogP contribution in [0, 0.1) is 11.8 Å². The van der Waals surface area contributed by atoms with E-state index in [-0.39, 0.29) is 0 Å². The van der Waals surface area contributed by atoms with Gasteiger partial charge in [0.1, 0.15) is 0 Å². The fraction of sp³-hybridized carbons (Fsp3) is 0.917. The summed E-state index contributed by atoms with van der Waals surface area (Å²) in [5, 5.41) is 3.39. The molecule has 3 aliphatic heterocycles. The fourth-order valence-electron chi connectivity index (χ4n) is 4.04. The Morgan fingerprint density at radius 2 is 2.06 bits per heavy atom. The average molecular weight is 221 g/mol. The Kier molecular flexibility index (Phi) is 1.89. The van der Waals surface area contributed by atoms with Crippen LogP contribution < -0.4 is 5.32 Å². The molecule has 88 valence electrons. The van der Waals surface area contributed by atoms with Gasteiger partial charge < -0.3 is 10.2 Å². The lowest BCUT2D eigenvalue weighted by Crippen LogP contribution is -2.52. The number of fused-ring (bicyclic) bond motifs is 3. The summed E-state index contributed by atoms with van der Waals surface area (Å²) in [4.78, 5) is 16.7. The van der Waals surface area contributed by atoms with Crippen molar-refractivity contribution in [3.63, 3.8) is 0 Å². The van der Waals surface area contributed by atoms with Gasteiger partial charge in [0, 0.05) is 45.2 Å². The van der Waals surface area contributed by atoms with E-state index >= 15 is 0 Å². The van der Waals surface area contributed by atoms with E-state index in [1.807, 2.05) is 0 Å². The monoisotopic (exact) mass is 221 g/mol. The van der Waals surface area contributed by atoms with Gasteiger partial charge in [-0.2, -0.15) is 0 Å². The van der Waals surface area contributed by atoms with Crippen LogP contribution in [-0.2, 0) is 4.79 Å². The van der Waals surface area contributed by atoms with E-state index in [9.17, 15) is 4.79 Å². The lowest BCUT2D eigenvalue weighted by Gasteiger charge is -2.36. The Labute approximate surface area is 96.0 Å². The van der Waals surface area contributed by atoms with Crippen molar-refractivity contribution in [2.24, 2.45) is 11.8 Å². The minimum Gasteiger partial charge on any atom is -0.337 e. The molecule has 4 fully saturated rings. The molecular formula is C12H19N3O. The Bertz CT molecular complexity index is 326. The fourth-order valence-corrected chi connectivity index (χ4v) is 4.04. The molecular weight excluding hydrogens is 202 g/mol. The standard InChI is InChI=1S/C12H19N3O/c16-11-6-10(14-3-1-13-2-4-14)12-9-5-8(9)7-15(11)12/h8-10,12-13H,1-7H2. The van der Waals surface area contributed by atoms with Crippen LogP contribution in [0.3, 0.4) is 0 Å². The molecule has 1 amide bonds. The number of carbonyl (C=O) groups is 1. The third kappa shape index (κ3) is 1.20. The number of nitrogens with zero attached hydrogens (tertiary/aromatic N) is 2. The first-order chi connectivity index (χ1) is 7.84. The van der Waals surface area contributed by atoms with Crippen molar-refractivity contribution in [1.82, 2.24) is 15.1 Å². The van der Waals surface area contributed by atoms with Crippen molar-refractivity contribution in [1.29, 1.82) is 0 Å². The second-order valence-electron chi connectivity index (χ2n) is 5.75. The Hall–Kier alpha value is -0.610. The van der Waals surface area contributed by atoms with E-state index in [0.29, 0.717) is 18.0 Å². The quantitative estimate of drug-likeness (QED) is 0.649. The molecule has 1 saturated carbocycles. The summed E-state index contributed by atoms with van der Waals surface area (Å²) in [5.74, 6) is 2.13. The van der Waals surface area contributed by atoms with Crippen molar-refractivity contribution in [2.75, 3.05) is 32.7 Å². The predicted molar refractivity (Wildman–Crippen MR) is 59.9 cm³/mol. The second kappa shape index (κ2) is 3.20. The number of hydrogen-bond acceptors (Lipinski definition) is 3. The molecule has 0 aromatic rings. The van der Waals surface area contributed by atoms with Crippen molar-refractivity contribution in [3.05, 3.63) is 0 Å². The number of amides is 1. The van der Waals surface area contributed by atoms with Gasteiger partial charge in [-0.1, -0.05) is 0 Å². The van der Waals surface area contributed by atoms with Gasteiger partial charge in [-0.3, -0.25) is 9.69 Å². The number of hydrogen-bond donors (Lipinski definition) is 1. The smallest absolute Gasteiger partial charge is 0.224 e. The summed E-state index contributed by atoms with van der Waals surface area (Å²) < 4.78 is 0. The van der Waals surface area contributed by atoms with Crippen molar-refractivity contribution < 1.29 is 4.79 Å². The van der Waals surface area contributed by atoms with E-state index in [1.54, 1.807) is 0 Å².